The number of hydrogen-bond donors (Lipinski definition) is 2. The van der Waals surface area contributed by atoms with Gasteiger partial charge in [0.25, 0.3) is 5.69 Å². The highest BCUT2D eigenvalue weighted by molar-refractivity contribution is 5.91. The van der Waals surface area contributed by atoms with E-state index in [9.17, 15) is 34.4 Å². The summed E-state index contributed by atoms with van der Waals surface area (Å²) in [6.07, 6.45) is -2.56. The number of carbonyl (C=O) groups is 4. The standard InChI is InChI=1S/C36H31N3O10/c40-32(41)31-18-36(22-38(31)35(44)49-20-23-8-2-1-3-9-23,33(42)47-19-24-14-16-25(17-15-24)39(45)46)37-34(43)48-21-30-28-12-6-4-10-26(28)27-11-5-7-13-29(27)30/h1-17,30-31H,18-22H2,(H,37,43)(H,40,41)/t31-,36-/m0/s1. The molecular formula is C36H31N3O10. The fourth-order valence-electron chi connectivity index (χ4n) is 6.24. The third kappa shape index (κ3) is 6.91. The Bertz CT molecular complexity index is 1850. The fourth-order valence-corrected chi connectivity index (χ4v) is 6.24. The molecule has 1 heterocycles. The van der Waals surface area contributed by atoms with Crippen molar-refractivity contribution in [1.82, 2.24) is 10.2 Å². The topological polar surface area (TPSA) is 175 Å². The minimum atomic E-state index is -2.03. The van der Waals surface area contributed by atoms with E-state index in [0.29, 0.717) is 11.1 Å². The van der Waals surface area contributed by atoms with Crippen molar-refractivity contribution in [2.24, 2.45) is 0 Å². The van der Waals surface area contributed by atoms with Crippen molar-refractivity contribution < 1.29 is 43.4 Å². The molecule has 250 valence electrons. The molecule has 0 saturated carbocycles. The van der Waals surface area contributed by atoms with E-state index in [-0.39, 0.29) is 31.4 Å². The Hall–Kier alpha value is -6.24. The first-order valence-electron chi connectivity index (χ1n) is 15.4. The Kier molecular flexibility index (Phi) is 9.24. The predicted octanol–water partition coefficient (Wildman–Crippen LogP) is 5.41. The number of rotatable bonds is 10. The monoisotopic (exact) mass is 665 g/mol. The van der Waals surface area contributed by atoms with Gasteiger partial charge in [-0.3, -0.25) is 15.0 Å². The lowest BCUT2D eigenvalue weighted by molar-refractivity contribution is -0.384. The molecule has 4 aromatic carbocycles. The number of alkyl carbamates (subject to hydrolysis) is 1. The van der Waals surface area contributed by atoms with Crippen LogP contribution in [0.3, 0.4) is 0 Å². The van der Waals surface area contributed by atoms with Crippen LogP contribution >= 0.6 is 0 Å². The van der Waals surface area contributed by atoms with Crippen LogP contribution < -0.4 is 5.32 Å². The van der Waals surface area contributed by atoms with Crippen LogP contribution in [0.15, 0.2) is 103 Å². The Labute approximate surface area is 280 Å². The summed E-state index contributed by atoms with van der Waals surface area (Å²) in [7, 11) is 0. The summed E-state index contributed by atoms with van der Waals surface area (Å²) in [6, 6.07) is 28.0. The second-order valence-corrected chi connectivity index (χ2v) is 11.8. The molecule has 2 atom stereocenters. The van der Waals surface area contributed by atoms with Crippen molar-refractivity contribution >= 4 is 29.8 Å². The number of nitro benzene ring substituents is 1. The van der Waals surface area contributed by atoms with E-state index in [2.05, 4.69) is 5.32 Å². The van der Waals surface area contributed by atoms with Crippen molar-refractivity contribution in [3.63, 3.8) is 0 Å². The van der Waals surface area contributed by atoms with Crippen molar-refractivity contribution in [2.75, 3.05) is 13.2 Å². The molecule has 13 nitrogen and oxygen atoms in total. The van der Waals surface area contributed by atoms with Crippen molar-refractivity contribution in [3.8, 4) is 11.1 Å². The number of carboxylic acid groups (broad SMARTS) is 1. The number of hydrogen-bond acceptors (Lipinski definition) is 9. The molecule has 0 radical (unpaired) electrons. The molecule has 1 aliphatic carbocycles. The molecule has 2 aliphatic rings. The predicted molar refractivity (Wildman–Crippen MR) is 173 cm³/mol. The van der Waals surface area contributed by atoms with E-state index in [4.69, 9.17) is 14.2 Å². The largest absolute Gasteiger partial charge is 0.480 e. The van der Waals surface area contributed by atoms with Gasteiger partial charge in [-0.25, -0.2) is 19.2 Å². The Morgan fingerprint density at radius 1 is 0.796 bits per heavy atom. The summed E-state index contributed by atoms with van der Waals surface area (Å²) in [6.45, 7) is -1.17. The van der Waals surface area contributed by atoms with Crippen molar-refractivity contribution in [3.05, 3.63) is 135 Å². The lowest BCUT2D eigenvalue weighted by atomic mass is 9.96. The van der Waals surface area contributed by atoms with Crippen LogP contribution in [-0.4, -0.2) is 63.8 Å². The first kappa shape index (κ1) is 32.7. The van der Waals surface area contributed by atoms with Gasteiger partial charge in [0.1, 0.15) is 25.9 Å². The zero-order chi connectivity index (χ0) is 34.5. The fraction of sp³-hybridized carbons (Fsp3) is 0.222. The van der Waals surface area contributed by atoms with Crippen LogP contribution in [-0.2, 0) is 37.0 Å². The molecule has 13 heteroatoms. The van der Waals surface area contributed by atoms with Gasteiger partial charge < -0.3 is 24.6 Å². The lowest BCUT2D eigenvalue weighted by Gasteiger charge is -2.28. The molecule has 1 aliphatic heterocycles. The zero-order valence-corrected chi connectivity index (χ0v) is 26.0. The maximum atomic E-state index is 13.8. The maximum Gasteiger partial charge on any atom is 0.410 e. The molecule has 6 rings (SSSR count). The summed E-state index contributed by atoms with van der Waals surface area (Å²) < 4.78 is 16.6. The smallest absolute Gasteiger partial charge is 0.410 e. The molecule has 2 N–H and O–H groups in total. The van der Waals surface area contributed by atoms with Gasteiger partial charge in [-0.1, -0.05) is 78.9 Å². The van der Waals surface area contributed by atoms with E-state index in [1.54, 1.807) is 30.3 Å². The van der Waals surface area contributed by atoms with Gasteiger partial charge in [-0.2, -0.15) is 0 Å². The van der Waals surface area contributed by atoms with Crippen LogP contribution in [0.1, 0.15) is 34.6 Å². The minimum absolute atomic E-state index is 0.0844. The normalized spacial score (nSPS) is 17.8. The quantitative estimate of drug-likeness (QED) is 0.0964. The van der Waals surface area contributed by atoms with Gasteiger partial charge in [-0.15, -0.1) is 0 Å². The van der Waals surface area contributed by atoms with Crippen LogP contribution in [0.4, 0.5) is 15.3 Å². The number of esters is 1. The summed E-state index contributed by atoms with van der Waals surface area (Å²) in [5, 5.41) is 23.6. The van der Waals surface area contributed by atoms with Gasteiger partial charge >= 0.3 is 24.1 Å². The second kappa shape index (κ2) is 13.9. The highest BCUT2D eigenvalue weighted by atomic mass is 16.6. The van der Waals surface area contributed by atoms with E-state index in [1.807, 2.05) is 48.5 Å². The number of amides is 2. The molecular weight excluding hydrogens is 634 g/mol. The molecule has 1 saturated heterocycles. The molecule has 49 heavy (non-hydrogen) atoms. The summed E-state index contributed by atoms with van der Waals surface area (Å²) in [5.41, 5.74) is 2.84. The summed E-state index contributed by atoms with van der Waals surface area (Å²) in [4.78, 5) is 64.2. The molecule has 2 amide bonds. The molecule has 0 bridgehead atoms. The van der Waals surface area contributed by atoms with Crippen LogP contribution in [0, 0.1) is 10.1 Å². The first-order chi connectivity index (χ1) is 23.6. The van der Waals surface area contributed by atoms with Crippen LogP contribution in [0.5, 0.6) is 0 Å². The van der Waals surface area contributed by atoms with Gasteiger partial charge in [-0.05, 0) is 45.5 Å². The number of ether oxygens (including phenoxy) is 3. The van der Waals surface area contributed by atoms with Gasteiger partial charge in [0.05, 0.1) is 11.5 Å². The summed E-state index contributed by atoms with van der Waals surface area (Å²) in [5.74, 6) is -2.73. The van der Waals surface area contributed by atoms with E-state index in [1.165, 1.54) is 24.3 Å². The third-order valence-corrected chi connectivity index (χ3v) is 8.68. The zero-order valence-electron chi connectivity index (χ0n) is 26.0. The number of fused-ring (bicyclic) bond motifs is 3. The number of carboxylic acids is 1. The van der Waals surface area contributed by atoms with Crippen LogP contribution in [0.2, 0.25) is 0 Å². The van der Waals surface area contributed by atoms with Gasteiger partial charge in [0, 0.05) is 24.5 Å². The number of nitrogens with zero attached hydrogens (tertiary/aromatic N) is 2. The highest BCUT2D eigenvalue weighted by Crippen LogP contribution is 2.44. The average Bonchev–Trinajstić information content (AvgIpc) is 3.66. The Balaban J connectivity index is 1.21. The minimum Gasteiger partial charge on any atom is -0.480 e. The number of nitro groups is 1. The number of non-ortho nitro benzene ring substituents is 1. The average molecular weight is 666 g/mol. The first-order valence-corrected chi connectivity index (χ1v) is 15.4. The van der Waals surface area contributed by atoms with Gasteiger partial charge in [0.2, 0.25) is 0 Å². The number of nitrogens with one attached hydrogen (secondary N) is 1. The molecule has 0 spiro atoms. The number of carbonyl (C=O) groups excluding carboxylic acids is 3. The Morgan fingerprint density at radius 3 is 1.98 bits per heavy atom. The molecule has 0 aromatic heterocycles. The Morgan fingerprint density at radius 2 is 1.37 bits per heavy atom. The summed E-state index contributed by atoms with van der Waals surface area (Å²) >= 11 is 0. The van der Waals surface area contributed by atoms with Gasteiger partial charge in [0.15, 0.2) is 5.54 Å². The van der Waals surface area contributed by atoms with E-state index >= 15 is 0 Å². The third-order valence-electron chi connectivity index (χ3n) is 8.68. The highest BCUT2D eigenvalue weighted by Gasteiger charge is 2.56. The number of benzene rings is 4. The molecule has 0 unspecified atom stereocenters. The number of likely N-dealkylation sites (tertiary alicyclic amines) is 1. The van der Waals surface area contributed by atoms with Crippen LogP contribution in [0.25, 0.3) is 11.1 Å². The van der Waals surface area contributed by atoms with Crippen molar-refractivity contribution in [1.29, 1.82) is 0 Å². The van der Waals surface area contributed by atoms with E-state index < -0.39 is 53.6 Å². The molecule has 1 fully saturated rings. The van der Waals surface area contributed by atoms with E-state index in [0.717, 1.165) is 27.2 Å². The van der Waals surface area contributed by atoms with Crippen molar-refractivity contribution in [2.45, 2.75) is 37.1 Å². The maximum absolute atomic E-state index is 13.8. The SMILES string of the molecule is O=C(N[C@@]1(C(=O)OCc2ccc([N+](=O)[O-])cc2)C[C@@H](C(=O)O)N(C(=O)OCc2ccccc2)C1)OCC1c2ccccc2-c2ccccc21. The number of aliphatic carboxylic acids is 1. The lowest BCUT2D eigenvalue weighted by Crippen LogP contribution is -2.57. The molecule has 4 aromatic rings. The second-order valence-electron chi connectivity index (χ2n) is 11.8.